The number of nitrogens with zero attached hydrogens (tertiary/aromatic N) is 1. The first-order chi connectivity index (χ1) is 11.4. The number of carbonyl (C=O) groups is 2. The molecule has 1 amide bonds. The number of aromatic carboxylic acids is 1. The van der Waals surface area contributed by atoms with Gasteiger partial charge in [0, 0.05) is 18.7 Å². The molecule has 1 saturated heterocycles. The van der Waals surface area contributed by atoms with Crippen LogP contribution >= 0.6 is 35.6 Å². The van der Waals surface area contributed by atoms with Crippen molar-refractivity contribution in [2.24, 2.45) is 0 Å². The molecule has 0 bridgehead atoms. The fourth-order valence-corrected chi connectivity index (χ4v) is 3.46. The van der Waals surface area contributed by atoms with Crippen LogP contribution in [0, 0.1) is 0 Å². The molecule has 2 aromatic rings. The molecule has 1 aliphatic rings. The Morgan fingerprint density at radius 2 is 2.12 bits per heavy atom. The van der Waals surface area contributed by atoms with Gasteiger partial charge in [-0.3, -0.25) is 9.69 Å². The van der Waals surface area contributed by atoms with E-state index in [0.717, 1.165) is 0 Å². The monoisotopic (exact) mass is 379 g/mol. The zero-order chi connectivity index (χ0) is 17.4. The average Bonchev–Trinajstić information content (AvgIpc) is 3.09. The maximum atomic E-state index is 12.0. The smallest absolute Gasteiger partial charge is 0.337 e. The molecule has 3 rings (SSSR count). The van der Waals surface area contributed by atoms with Crippen LogP contribution in [0.2, 0.25) is 5.02 Å². The summed E-state index contributed by atoms with van der Waals surface area (Å²) < 4.78 is 6.17. The molecule has 8 heteroatoms. The summed E-state index contributed by atoms with van der Waals surface area (Å²) in [5.74, 6) is -0.332. The van der Waals surface area contributed by atoms with Crippen molar-refractivity contribution in [1.82, 2.24) is 4.90 Å². The van der Waals surface area contributed by atoms with Gasteiger partial charge < -0.3 is 9.52 Å². The third kappa shape index (κ3) is 3.10. The number of halogens is 1. The lowest BCUT2D eigenvalue weighted by Crippen LogP contribution is -2.22. The van der Waals surface area contributed by atoms with Gasteiger partial charge in [0.05, 0.1) is 15.5 Å². The van der Waals surface area contributed by atoms with Gasteiger partial charge in [-0.25, -0.2) is 4.79 Å². The lowest BCUT2D eigenvalue weighted by atomic mass is 10.1. The SMILES string of the molecule is CN1C(=O)/C(=C\c2ccc(-c3ccc(Cl)c(C(=O)O)c3)o2)SC1=S. The number of carboxylic acid groups (broad SMARTS) is 1. The van der Waals surface area contributed by atoms with E-state index < -0.39 is 5.97 Å². The number of rotatable bonds is 3. The number of furan rings is 1. The zero-order valence-corrected chi connectivity index (χ0v) is 14.7. The van der Waals surface area contributed by atoms with Crippen molar-refractivity contribution in [2.45, 2.75) is 0 Å². The van der Waals surface area contributed by atoms with Crippen molar-refractivity contribution in [1.29, 1.82) is 0 Å². The molecule has 1 fully saturated rings. The number of thiocarbonyl (C=S) groups is 1. The molecule has 0 saturated carbocycles. The number of thioether (sulfide) groups is 1. The van der Waals surface area contributed by atoms with E-state index in [-0.39, 0.29) is 16.5 Å². The summed E-state index contributed by atoms with van der Waals surface area (Å²) in [6, 6.07) is 8.02. The Balaban J connectivity index is 1.92. The van der Waals surface area contributed by atoms with E-state index >= 15 is 0 Å². The van der Waals surface area contributed by atoms with Gasteiger partial charge in [-0.1, -0.05) is 35.6 Å². The summed E-state index contributed by atoms with van der Waals surface area (Å²) in [5, 5.41) is 9.29. The molecule has 0 aliphatic carbocycles. The number of carboxylic acids is 1. The van der Waals surface area contributed by atoms with Gasteiger partial charge in [0.1, 0.15) is 15.8 Å². The molecule has 1 aliphatic heterocycles. The van der Waals surface area contributed by atoms with Crippen molar-refractivity contribution in [3.05, 3.63) is 51.6 Å². The first kappa shape index (κ1) is 16.8. The Kier molecular flexibility index (Phi) is 4.49. The minimum Gasteiger partial charge on any atom is -0.478 e. The van der Waals surface area contributed by atoms with Crippen LogP contribution in [0.25, 0.3) is 17.4 Å². The molecule has 24 heavy (non-hydrogen) atoms. The topological polar surface area (TPSA) is 70.8 Å². The Hall–Kier alpha value is -2.09. The largest absolute Gasteiger partial charge is 0.478 e. The van der Waals surface area contributed by atoms with Gasteiger partial charge in [-0.05, 0) is 30.3 Å². The highest BCUT2D eigenvalue weighted by Gasteiger charge is 2.29. The quantitative estimate of drug-likeness (QED) is 0.638. The summed E-state index contributed by atoms with van der Waals surface area (Å²) in [6.45, 7) is 0. The molecule has 0 spiro atoms. The Labute approximate surface area is 151 Å². The molecule has 122 valence electrons. The lowest BCUT2D eigenvalue weighted by molar-refractivity contribution is -0.121. The van der Waals surface area contributed by atoms with Gasteiger partial charge in [0.25, 0.3) is 5.91 Å². The fourth-order valence-electron chi connectivity index (χ4n) is 2.10. The predicted octanol–water partition coefficient (Wildman–Crippen LogP) is 4.13. The Morgan fingerprint density at radius 3 is 2.75 bits per heavy atom. The van der Waals surface area contributed by atoms with Crippen LogP contribution in [-0.2, 0) is 4.79 Å². The van der Waals surface area contributed by atoms with Gasteiger partial charge in [-0.2, -0.15) is 0 Å². The van der Waals surface area contributed by atoms with Crippen LogP contribution < -0.4 is 0 Å². The second-order valence-electron chi connectivity index (χ2n) is 4.94. The molecule has 0 unspecified atom stereocenters. The number of benzene rings is 1. The molecular formula is C16H10ClNO4S2. The van der Waals surface area contributed by atoms with E-state index in [4.69, 9.17) is 33.3 Å². The van der Waals surface area contributed by atoms with Crippen LogP contribution in [0.5, 0.6) is 0 Å². The number of likely N-dealkylation sites (N-methyl/N-ethyl adjacent to an activating group) is 1. The second-order valence-corrected chi connectivity index (χ2v) is 7.03. The third-order valence-electron chi connectivity index (χ3n) is 3.37. The molecule has 0 radical (unpaired) electrons. The minimum absolute atomic E-state index is 0.000953. The minimum atomic E-state index is -1.11. The first-order valence-electron chi connectivity index (χ1n) is 6.71. The maximum absolute atomic E-state index is 12.0. The van der Waals surface area contributed by atoms with Crippen LogP contribution in [0.1, 0.15) is 16.1 Å². The van der Waals surface area contributed by atoms with E-state index in [2.05, 4.69) is 0 Å². The van der Waals surface area contributed by atoms with E-state index in [9.17, 15) is 9.59 Å². The summed E-state index contributed by atoms with van der Waals surface area (Å²) in [5.41, 5.74) is 0.582. The number of hydrogen-bond acceptors (Lipinski definition) is 5. The molecular weight excluding hydrogens is 370 g/mol. The zero-order valence-electron chi connectivity index (χ0n) is 12.3. The van der Waals surface area contributed by atoms with Crippen LogP contribution in [0.4, 0.5) is 0 Å². The van der Waals surface area contributed by atoms with Gasteiger partial charge in [0.2, 0.25) is 0 Å². The van der Waals surface area contributed by atoms with Crippen LogP contribution in [0.3, 0.4) is 0 Å². The van der Waals surface area contributed by atoms with E-state index in [0.29, 0.717) is 26.3 Å². The summed E-state index contributed by atoms with van der Waals surface area (Å²) in [6.07, 6.45) is 1.61. The summed E-state index contributed by atoms with van der Waals surface area (Å²) in [4.78, 5) is 25.0. The molecule has 0 atom stereocenters. The third-order valence-corrected chi connectivity index (χ3v) is 5.18. The highest BCUT2D eigenvalue weighted by molar-refractivity contribution is 8.26. The molecule has 5 nitrogen and oxygen atoms in total. The van der Waals surface area contributed by atoms with Crippen molar-refractivity contribution >= 4 is 57.9 Å². The first-order valence-corrected chi connectivity index (χ1v) is 8.31. The average molecular weight is 380 g/mol. The molecule has 1 N–H and O–H groups in total. The number of carbonyl (C=O) groups excluding carboxylic acids is 1. The number of hydrogen-bond donors (Lipinski definition) is 1. The standard InChI is InChI=1S/C16H10ClNO4S2/c1-18-14(19)13(24-16(18)23)7-9-3-5-12(22-9)8-2-4-11(17)10(6-8)15(20)21/h2-7H,1H3,(H,20,21)/b13-7+. The summed E-state index contributed by atoms with van der Waals surface area (Å²) in [7, 11) is 1.62. The Bertz CT molecular complexity index is 903. The Morgan fingerprint density at radius 1 is 1.38 bits per heavy atom. The van der Waals surface area contributed by atoms with E-state index in [1.807, 2.05) is 0 Å². The number of amides is 1. The van der Waals surface area contributed by atoms with Crippen molar-refractivity contribution in [3.8, 4) is 11.3 Å². The van der Waals surface area contributed by atoms with Crippen LogP contribution in [-0.4, -0.2) is 33.3 Å². The van der Waals surface area contributed by atoms with E-state index in [1.54, 1.807) is 31.3 Å². The summed E-state index contributed by atoms with van der Waals surface area (Å²) >= 11 is 12.1. The fraction of sp³-hybridized carbons (Fsp3) is 0.0625. The maximum Gasteiger partial charge on any atom is 0.337 e. The molecule has 1 aromatic carbocycles. The van der Waals surface area contributed by atoms with E-state index in [1.165, 1.54) is 28.8 Å². The normalized spacial score (nSPS) is 16.2. The van der Waals surface area contributed by atoms with Crippen molar-refractivity contribution in [3.63, 3.8) is 0 Å². The lowest BCUT2D eigenvalue weighted by Gasteiger charge is -2.03. The second kappa shape index (κ2) is 6.43. The highest BCUT2D eigenvalue weighted by atomic mass is 35.5. The van der Waals surface area contributed by atoms with Crippen molar-refractivity contribution in [2.75, 3.05) is 7.05 Å². The van der Waals surface area contributed by atoms with Gasteiger partial charge >= 0.3 is 5.97 Å². The van der Waals surface area contributed by atoms with Gasteiger partial charge in [0.15, 0.2) is 0 Å². The molecule has 2 heterocycles. The van der Waals surface area contributed by atoms with Gasteiger partial charge in [-0.15, -0.1) is 0 Å². The predicted molar refractivity (Wildman–Crippen MR) is 97.0 cm³/mol. The highest BCUT2D eigenvalue weighted by Crippen LogP contribution is 2.33. The van der Waals surface area contributed by atoms with Crippen LogP contribution in [0.15, 0.2) is 39.7 Å². The molecule has 1 aromatic heterocycles. The van der Waals surface area contributed by atoms with Crippen molar-refractivity contribution < 1.29 is 19.1 Å².